The minimum Gasteiger partial charge on any atom is -0.539 e. The molecule has 1 rings (SSSR count). The van der Waals surface area contributed by atoms with Gasteiger partial charge in [0.15, 0.2) is 0 Å². The number of hydrogen-bond donors (Lipinski definition) is 1. The van der Waals surface area contributed by atoms with Crippen molar-refractivity contribution in [3.63, 3.8) is 0 Å². The van der Waals surface area contributed by atoms with Crippen LogP contribution in [0.1, 0.15) is 5.56 Å². The van der Waals surface area contributed by atoms with E-state index in [0.717, 1.165) is 5.56 Å². The van der Waals surface area contributed by atoms with Crippen LogP contribution in [-0.2, 0) is 0 Å². The smallest absolute Gasteiger partial charge is 0.504 e. The summed E-state index contributed by atoms with van der Waals surface area (Å²) in [4.78, 5) is 3.87. The first-order valence-electron chi connectivity index (χ1n) is 2.99. The Labute approximate surface area is 60.0 Å². The Bertz CT molecular complexity index is 217. The van der Waals surface area contributed by atoms with E-state index in [1.165, 1.54) is 0 Å². The number of aryl methyl sites for hydroxylation is 1. The van der Waals surface area contributed by atoms with Gasteiger partial charge in [-0.25, -0.2) is 0 Å². The van der Waals surface area contributed by atoms with Gasteiger partial charge in [0, 0.05) is 18.0 Å². The van der Waals surface area contributed by atoms with Gasteiger partial charge in [-0.05, 0) is 13.0 Å². The van der Waals surface area contributed by atoms with Crippen molar-refractivity contribution in [2.45, 2.75) is 6.92 Å². The standard InChI is InChI=1S/C6H8BNO2/c1-5-4-8-3-2-6(5)10-7-9/h2-4,7,9H,1H3. The molecule has 0 fully saturated rings. The Morgan fingerprint density at radius 1 is 1.70 bits per heavy atom. The molecule has 3 nitrogen and oxygen atoms in total. The first-order valence-corrected chi connectivity index (χ1v) is 2.99. The third-order valence-electron chi connectivity index (χ3n) is 1.19. The maximum absolute atomic E-state index is 8.40. The van der Waals surface area contributed by atoms with Crippen LogP contribution in [0.4, 0.5) is 0 Å². The molecule has 0 aromatic carbocycles. The predicted octanol–water partition coefficient (Wildman–Crippen LogP) is 0.0276. The molecule has 0 bridgehead atoms. The molecule has 0 aliphatic carbocycles. The lowest BCUT2D eigenvalue weighted by Gasteiger charge is -2.02. The van der Waals surface area contributed by atoms with Gasteiger partial charge in [-0.1, -0.05) is 0 Å². The summed E-state index contributed by atoms with van der Waals surface area (Å²) in [6.07, 6.45) is 3.31. The average Bonchev–Trinajstić information content (AvgIpc) is 1.94. The van der Waals surface area contributed by atoms with Gasteiger partial charge in [-0.15, -0.1) is 0 Å². The zero-order chi connectivity index (χ0) is 7.40. The summed E-state index contributed by atoms with van der Waals surface area (Å²) < 4.78 is 4.85. The Kier molecular flexibility index (Phi) is 2.28. The zero-order valence-corrected chi connectivity index (χ0v) is 5.74. The summed E-state index contributed by atoms with van der Waals surface area (Å²) >= 11 is 0. The Hall–Kier alpha value is -1.03. The molecule has 1 aromatic heterocycles. The lowest BCUT2D eigenvalue weighted by Crippen LogP contribution is -2.01. The van der Waals surface area contributed by atoms with E-state index in [-0.39, 0.29) is 7.69 Å². The van der Waals surface area contributed by atoms with E-state index < -0.39 is 0 Å². The van der Waals surface area contributed by atoms with Crippen molar-refractivity contribution >= 4 is 7.69 Å². The molecule has 0 radical (unpaired) electrons. The molecule has 1 heterocycles. The van der Waals surface area contributed by atoms with Gasteiger partial charge in [0.25, 0.3) is 0 Å². The normalized spacial score (nSPS) is 9.00. The molecule has 0 amide bonds. The number of aromatic nitrogens is 1. The Morgan fingerprint density at radius 2 is 2.50 bits per heavy atom. The van der Waals surface area contributed by atoms with Crippen LogP contribution in [0.25, 0.3) is 0 Å². The average molecular weight is 137 g/mol. The first kappa shape index (κ1) is 7.09. The largest absolute Gasteiger partial charge is 0.539 e. The maximum atomic E-state index is 8.40. The Morgan fingerprint density at radius 3 is 3.10 bits per heavy atom. The van der Waals surface area contributed by atoms with Crippen LogP contribution in [0.2, 0.25) is 0 Å². The third-order valence-corrected chi connectivity index (χ3v) is 1.19. The molecule has 1 N–H and O–H groups in total. The van der Waals surface area contributed by atoms with E-state index in [2.05, 4.69) is 4.98 Å². The van der Waals surface area contributed by atoms with Crippen molar-refractivity contribution < 1.29 is 9.68 Å². The zero-order valence-electron chi connectivity index (χ0n) is 5.74. The van der Waals surface area contributed by atoms with Crippen molar-refractivity contribution in [2.24, 2.45) is 0 Å². The van der Waals surface area contributed by atoms with Crippen molar-refractivity contribution in [1.82, 2.24) is 4.98 Å². The van der Waals surface area contributed by atoms with Crippen LogP contribution >= 0.6 is 0 Å². The van der Waals surface area contributed by atoms with Gasteiger partial charge in [0.2, 0.25) is 0 Å². The molecular weight excluding hydrogens is 129 g/mol. The monoisotopic (exact) mass is 137 g/mol. The van der Waals surface area contributed by atoms with E-state index in [1.807, 2.05) is 6.92 Å². The molecule has 0 saturated heterocycles. The highest BCUT2D eigenvalue weighted by Gasteiger charge is 1.95. The lowest BCUT2D eigenvalue weighted by molar-refractivity contribution is 0.451. The van der Waals surface area contributed by atoms with Crippen LogP contribution in [-0.4, -0.2) is 17.7 Å². The number of nitrogens with zero attached hydrogens (tertiary/aromatic N) is 1. The summed E-state index contributed by atoms with van der Waals surface area (Å²) in [5, 5.41) is 8.40. The van der Waals surface area contributed by atoms with Crippen molar-refractivity contribution in [1.29, 1.82) is 0 Å². The molecule has 52 valence electrons. The molecule has 4 heteroatoms. The fraction of sp³-hybridized carbons (Fsp3) is 0.167. The number of pyridine rings is 1. The van der Waals surface area contributed by atoms with Crippen molar-refractivity contribution in [2.75, 3.05) is 0 Å². The van der Waals surface area contributed by atoms with Gasteiger partial charge in [0.1, 0.15) is 5.75 Å². The maximum Gasteiger partial charge on any atom is 0.504 e. The van der Waals surface area contributed by atoms with E-state index in [9.17, 15) is 0 Å². The predicted molar refractivity (Wildman–Crippen MR) is 39.0 cm³/mol. The number of rotatable bonds is 2. The van der Waals surface area contributed by atoms with Gasteiger partial charge >= 0.3 is 7.69 Å². The minimum absolute atomic E-state index is 0.287. The topological polar surface area (TPSA) is 42.4 Å². The van der Waals surface area contributed by atoms with E-state index in [4.69, 9.17) is 9.68 Å². The van der Waals surface area contributed by atoms with Crippen molar-refractivity contribution in [3.8, 4) is 5.75 Å². The summed E-state index contributed by atoms with van der Waals surface area (Å²) in [6, 6.07) is 1.71. The van der Waals surface area contributed by atoms with Crippen LogP contribution in [0.3, 0.4) is 0 Å². The third kappa shape index (κ3) is 1.48. The molecule has 10 heavy (non-hydrogen) atoms. The summed E-state index contributed by atoms with van der Waals surface area (Å²) in [7, 11) is -0.287. The van der Waals surface area contributed by atoms with Crippen LogP contribution in [0, 0.1) is 6.92 Å². The van der Waals surface area contributed by atoms with Gasteiger partial charge in [-0.2, -0.15) is 0 Å². The molecule has 0 atom stereocenters. The second-order valence-electron chi connectivity index (χ2n) is 1.91. The summed E-state index contributed by atoms with van der Waals surface area (Å²) in [6.45, 7) is 1.87. The van der Waals surface area contributed by atoms with Crippen LogP contribution < -0.4 is 4.65 Å². The highest BCUT2D eigenvalue weighted by Crippen LogP contribution is 2.13. The van der Waals surface area contributed by atoms with Crippen LogP contribution in [0.15, 0.2) is 18.5 Å². The lowest BCUT2D eigenvalue weighted by atomic mass is 10.3. The minimum atomic E-state index is -0.287. The highest BCUT2D eigenvalue weighted by atomic mass is 16.5. The summed E-state index contributed by atoms with van der Waals surface area (Å²) in [5.41, 5.74) is 0.927. The first-order chi connectivity index (χ1) is 4.84. The molecular formula is C6H8BNO2. The SMILES string of the molecule is Cc1cnccc1OBO. The highest BCUT2D eigenvalue weighted by molar-refractivity contribution is 6.17. The molecule has 0 saturated carbocycles. The van der Waals surface area contributed by atoms with Crippen molar-refractivity contribution in [3.05, 3.63) is 24.0 Å². The molecule has 0 aliphatic rings. The second kappa shape index (κ2) is 3.22. The molecule has 1 aromatic rings. The quantitative estimate of drug-likeness (QED) is 0.584. The molecule has 0 spiro atoms. The summed E-state index contributed by atoms with van der Waals surface area (Å²) in [5.74, 6) is 0.678. The van der Waals surface area contributed by atoms with Crippen LogP contribution in [0.5, 0.6) is 5.75 Å². The van der Waals surface area contributed by atoms with Gasteiger partial charge < -0.3 is 9.68 Å². The van der Waals surface area contributed by atoms with Gasteiger partial charge in [-0.3, -0.25) is 4.98 Å². The second-order valence-corrected chi connectivity index (χ2v) is 1.91. The number of hydrogen-bond acceptors (Lipinski definition) is 3. The molecule has 0 unspecified atom stereocenters. The molecule has 0 aliphatic heterocycles. The fourth-order valence-electron chi connectivity index (χ4n) is 0.692. The van der Waals surface area contributed by atoms with E-state index in [1.54, 1.807) is 18.5 Å². The Balaban J connectivity index is 2.81. The van der Waals surface area contributed by atoms with E-state index in [0.29, 0.717) is 5.75 Å². The fourth-order valence-corrected chi connectivity index (χ4v) is 0.692. The van der Waals surface area contributed by atoms with E-state index >= 15 is 0 Å². The van der Waals surface area contributed by atoms with Gasteiger partial charge in [0.05, 0.1) is 0 Å².